The molecule has 3 fully saturated rings. The molecule has 0 radical (unpaired) electrons. The second-order valence-corrected chi connectivity index (χ2v) is 18.3. The number of rotatable bonds is 10. The van der Waals surface area contributed by atoms with E-state index in [1.165, 1.54) is 9.80 Å². The Morgan fingerprint density at radius 3 is 1.98 bits per heavy atom. The quantitative estimate of drug-likeness (QED) is 0.186. The van der Waals surface area contributed by atoms with E-state index in [1.54, 1.807) is 7.11 Å². The Balaban J connectivity index is 1.60. The first-order valence-corrected chi connectivity index (χ1v) is 18.5. The van der Waals surface area contributed by atoms with Crippen LogP contribution in [0.4, 0.5) is 0 Å². The lowest BCUT2D eigenvalue weighted by Crippen LogP contribution is -2.47. The summed E-state index contributed by atoms with van der Waals surface area (Å²) in [6, 6.07) is 7.02. The van der Waals surface area contributed by atoms with Gasteiger partial charge in [-0.15, -0.1) is 0 Å². The Labute approximate surface area is 257 Å². The van der Waals surface area contributed by atoms with E-state index in [0.29, 0.717) is 42.8 Å². The molecule has 9 heteroatoms. The van der Waals surface area contributed by atoms with Crippen molar-refractivity contribution in [3.63, 3.8) is 0 Å². The number of imide groups is 2. The van der Waals surface area contributed by atoms with Crippen molar-refractivity contribution in [3.05, 3.63) is 35.4 Å². The average molecular weight is 609 g/mol. The molecule has 2 saturated heterocycles. The summed E-state index contributed by atoms with van der Waals surface area (Å²) in [6.45, 7) is 15.5. The molecule has 2 heterocycles. The fraction of sp³-hybridized carbons (Fsp3) is 0.647. The summed E-state index contributed by atoms with van der Waals surface area (Å²) < 4.78 is 12.9. The molecule has 0 unspecified atom stereocenters. The highest BCUT2D eigenvalue weighted by Gasteiger charge is 2.61. The molecule has 1 aromatic rings. The molecule has 0 spiro atoms. The maximum Gasteiger partial charge on any atom is 0.256 e. The van der Waals surface area contributed by atoms with Gasteiger partial charge in [0.25, 0.3) is 8.32 Å². The summed E-state index contributed by atoms with van der Waals surface area (Å²) in [4.78, 5) is 56.9. The average Bonchev–Trinajstić information content (AvgIpc) is 3.38. The zero-order chi connectivity index (χ0) is 31.4. The number of carbonyl (C=O) groups excluding carboxylic acids is 4. The smallest absolute Gasteiger partial charge is 0.256 e. The Morgan fingerprint density at radius 1 is 0.814 bits per heavy atom. The van der Waals surface area contributed by atoms with Crippen molar-refractivity contribution in [2.75, 3.05) is 20.2 Å². The maximum absolute atomic E-state index is 13.8. The van der Waals surface area contributed by atoms with Gasteiger partial charge in [-0.05, 0) is 67.4 Å². The van der Waals surface area contributed by atoms with Crippen LogP contribution in [0.25, 0.3) is 0 Å². The van der Waals surface area contributed by atoms with Gasteiger partial charge in [0.15, 0.2) is 5.75 Å². The number of benzene rings is 1. The van der Waals surface area contributed by atoms with E-state index in [2.05, 4.69) is 40.7 Å². The molecule has 5 rings (SSSR count). The standard InChI is InChI=1S/C34H48N2O6Si/c1-9-16-43(19(4)5,20(6)7)42-26-15-12-21(17-27(26)41-8)28-22-13-14-23-29(33(39)35(10-2)31(23)37)24(22)18-25-30(28)34(40)36(11-3)32(25)38/h12-13,15,17,19-20,23-25,28-30H,9-11,14,16,18H2,1-8H3/t23-,24+,25+,28-,29-,30+/m0/s1. The van der Waals surface area contributed by atoms with E-state index in [1.807, 2.05) is 32.0 Å². The van der Waals surface area contributed by atoms with Crippen LogP contribution in [0, 0.1) is 29.6 Å². The predicted octanol–water partition coefficient (Wildman–Crippen LogP) is 5.93. The second-order valence-electron chi connectivity index (χ2n) is 13.4. The third-order valence-electron chi connectivity index (χ3n) is 10.9. The normalized spacial score (nSPS) is 28.8. The van der Waals surface area contributed by atoms with Gasteiger partial charge in [0.05, 0.1) is 30.8 Å². The van der Waals surface area contributed by atoms with Crippen molar-refractivity contribution >= 4 is 31.9 Å². The minimum atomic E-state index is -2.19. The summed E-state index contributed by atoms with van der Waals surface area (Å²) in [7, 11) is -0.549. The SMILES string of the molecule is CCC[Si](Oc1ccc([C@H]2C3=CC[C@@H]4C(=O)N(CC)C(=O)[C@@H]4[C@@H]3C[C@H]3C(=O)N(CC)C(=O)[C@@H]23)cc1OC)(C(C)C)C(C)C. The van der Waals surface area contributed by atoms with Crippen LogP contribution in [0.1, 0.15) is 79.2 Å². The number of allylic oxidation sites excluding steroid dienone is 2. The van der Waals surface area contributed by atoms with Crippen molar-refractivity contribution in [2.45, 2.75) is 90.8 Å². The van der Waals surface area contributed by atoms with E-state index >= 15 is 0 Å². The highest BCUT2D eigenvalue weighted by atomic mass is 28.4. The molecule has 8 nitrogen and oxygen atoms in total. The van der Waals surface area contributed by atoms with Crippen LogP contribution in [0.3, 0.4) is 0 Å². The predicted molar refractivity (Wildman–Crippen MR) is 167 cm³/mol. The number of nitrogens with zero attached hydrogens (tertiary/aromatic N) is 2. The van der Waals surface area contributed by atoms with E-state index < -0.39 is 32.0 Å². The Morgan fingerprint density at radius 2 is 1.42 bits per heavy atom. The van der Waals surface area contributed by atoms with Crippen LogP contribution in [0.2, 0.25) is 17.1 Å². The zero-order valence-corrected chi connectivity index (χ0v) is 28.0. The zero-order valence-electron chi connectivity index (χ0n) is 27.0. The summed E-state index contributed by atoms with van der Waals surface area (Å²) >= 11 is 0. The Kier molecular flexibility index (Phi) is 8.68. The van der Waals surface area contributed by atoms with Crippen LogP contribution < -0.4 is 9.16 Å². The molecular weight excluding hydrogens is 560 g/mol. The molecule has 1 saturated carbocycles. The fourth-order valence-electron chi connectivity index (χ4n) is 8.81. The Hall–Kier alpha value is -2.94. The lowest BCUT2D eigenvalue weighted by Gasteiger charge is -2.44. The van der Waals surface area contributed by atoms with E-state index in [4.69, 9.17) is 9.16 Å². The molecule has 0 N–H and O–H groups in total. The van der Waals surface area contributed by atoms with Crippen molar-refractivity contribution in [1.82, 2.24) is 9.80 Å². The fourth-order valence-corrected chi connectivity index (χ4v) is 13.2. The highest BCUT2D eigenvalue weighted by Crippen LogP contribution is 2.58. The van der Waals surface area contributed by atoms with Crippen LogP contribution in [0.5, 0.6) is 11.5 Å². The molecule has 234 valence electrons. The second kappa shape index (κ2) is 11.9. The van der Waals surface area contributed by atoms with Crippen molar-refractivity contribution < 1.29 is 28.3 Å². The van der Waals surface area contributed by atoms with Gasteiger partial charge in [0, 0.05) is 19.0 Å². The molecule has 4 amide bonds. The minimum Gasteiger partial charge on any atom is -0.540 e. The van der Waals surface area contributed by atoms with Gasteiger partial charge in [0.1, 0.15) is 5.75 Å². The molecular formula is C34H48N2O6Si. The minimum absolute atomic E-state index is 0.117. The molecule has 2 aliphatic carbocycles. The maximum atomic E-state index is 13.8. The lowest BCUT2D eigenvalue weighted by atomic mass is 9.57. The molecule has 43 heavy (non-hydrogen) atoms. The number of hydrogen-bond donors (Lipinski definition) is 0. The molecule has 6 atom stereocenters. The molecule has 0 bridgehead atoms. The largest absolute Gasteiger partial charge is 0.540 e. The number of methoxy groups -OCH3 is 1. The van der Waals surface area contributed by atoms with Gasteiger partial charge >= 0.3 is 0 Å². The third kappa shape index (κ3) is 4.77. The summed E-state index contributed by atoms with van der Waals surface area (Å²) in [5.41, 5.74) is 2.71. The van der Waals surface area contributed by atoms with Crippen molar-refractivity contribution in [3.8, 4) is 11.5 Å². The van der Waals surface area contributed by atoms with Crippen molar-refractivity contribution in [1.29, 1.82) is 0 Å². The van der Waals surface area contributed by atoms with Gasteiger partial charge in [-0.25, -0.2) is 0 Å². The third-order valence-corrected chi connectivity index (χ3v) is 16.7. The van der Waals surface area contributed by atoms with Gasteiger partial charge < -0.3 is 9.16 Å². The first kappa shape index (κ1) is 31.5. The van der Waals surface area contributed by atoms with Crippen LogP contribution in [0.15, 0.2) is 29.8 Å². The molecule has 0 aromatic heterocycles. The number of likely N-dealkylation sites (tertiary alicyclic amines) is 2. The van der Waals surface area contributed by atoms with Gasteiger partial charge in [0.2, 0.25) is 23.6 Å². The summed E-state index contributed by atoms with van der Waals surface area (Å²) in [6.07, 6.45) is 4.03. The number of hydrogen-bond acceptors (Lipinski definition) is 6. The van der Waals surface area contributed by atoms with Gasteiger partial charge in [-0.2, -0.15) is 0 Å². The summed E-state index contributed by atoms with van der Waals surface area (Å²) in [5, 5.41) is 0. The number of amides is 4. The van der Waals surface area contributed by atoms with E-state index in [-0.39, 0.29) is 35.5 Å². The summed E-state index contributed by atoms with van der Waals surface area (Å²) in [5.74, 6) is -1.84. The van der Waals surface area contributed by atoms with Crippen LogP contribution in [-0.2, 0) is 19.2 Å². The van der Waals surface area contributed by atoms with Crippen molar-refractivity contribution in [2.24, 2.45) is 29.6 Å². The van der Waals surface area contributed by atoms with Crippen LogP contribution in [-0.4, -0.2) is 61.9 Å². The van der Waals surface area contributed by atoms with Gasteiger partial charge in [-0.1, -0.05) is 58.8 Å². The first-order valence-electron chi connectivity index (χ1n) is 16.2. The van der Waals surface area contributed by atoms with Crippen LogP contribution >= 0.6 is 0 Å². The molecule has 2 aliphatic heterocycles. The Bertz CT molecular complexity index is 1330. The lowest BCUT2D eigenvalue weighted by molar-refractivity contribution is -0.141. The number of ether oxygens (including phenoxy) is 1. The first-order chi connectivity index (χ1) is 20.5. The highest BCUT2D eigenvalue weighted by molar-refractivity contribution is 6.77. The van der Waals surface area contributed by atoms with E-state index in [9.17, 15) is 19.2 Å². The monoisotopic (exact) mass is 608 g/mol. The topological polar surface area (TPSA) is 93.2 Å². The number of carbonyl (C=O) groups is 4. The number of fused-ring (bicyclic) bond motifs is 4. The molecule has 4 aliphatic rings. The van der Waals surface area contributed by atoms with Gasteiger partial charge in [-0.3, -0.25) is 29.0 Å². The van der Waals surface area contributed by atoms with E-state index in [0.717, 1.165) is 29.4 Å². The molecule has 1 aromatic carbocycles.